The fourth-order valence-corrected chi connectivity index (χ4v) is 2.79. The average Bonchev–Trinajstić information content (AvgIpc) is 2.43. The third-order valence-corrected chi connectivity index (χ3v) is 4.53. The summed E-state index contributed by atoms with van der Waals surface area (Å²) in [5.41, 5.74) is 0.331. The van der Waals surface area contributed by atoms with Crippen molar-refractivity contribution in [3.8, 4) is 0 Å². The zero-order valence-electron chi connectivity index (χ0n) is 12.5. The summed E-state index contributed by atoms with van der Waals surface area (Å²) in [7, 11) is 0. The van der Waals surface area contributed by atoms with Gasteiger partial charge in [0.25, 0.3) is 0 Å². The lowest BCUT2D eigenvalue weighted by Gasteiger charge is -2.49. The number of carbonyl (C=O) groups excluding carboxylic acids is 1. The highest BCUT2D eigenvalue weighted by Crippen LogP contribution is 2.29. The number of benzene rings is 2. The number of fused-ring (bicyclic) bond motifs is 1. The molecule has 0 unspecified atom stereocenters. The maximum Gasteiger partial charge on any atom is 0.227 e. The number of carbonyl (C=O) groups is 1. The molecule has 110 valence electrons. The van der Waals surface area contributed by atoms with Crippen molar-refractivity contribution in [3.05, 3.63) is 48.0 Å². The standard InChI is InChI=1S/C18H21NO2/c1-13(2)18(21)11-19(12-18)17(20)10-14-7-8-15-5-3-4-6-16(15)9-14/h3-9,13,21H,10-12H2,1-2H3. The maximum absolute atomic E-state index is 12.3. The molecular formula is C18H21NO2. The van der Waals surface area contributed by atoms with Gasteiger partial charge in [0.05, 0.1) is 19.5 Å². The van der Waals surface area contributed by atoms with Crippen LogP contribution >= 0.6 is 0 Å². The smallest absolute Gasteiger partial charge is 0.227 e. The molecule has 3 rings (SSSR count). The molecule has 1 saturated heterocycles. The Morgan fingerprint density at radius 1 is 1.19 bits per heavy atom. The zero-order valence-corrected chi connectivity index (χ0v) is 12.5. The van der Waals surface area contributed by atoms with E-state index in [1.807, 2.05) is 32.0 Å². The summed E-state index contributed by atoms with van der Waals surface area (Å²) in [6.45, 7) is 4.89. The minimum Gasteiger partial charge on any atom is -0.386 e. The normalized spacial score (nSPS) is 17.0. The second kappa shape index (κ2) is 5.15. The van der Waals surface area contributed by atoms with Gasteiger partial charge in [-0.3, -0.25) is 4.79 Å². The number of rotatable bonds is 3. The van der Waals surface area contributed by atoms with Crippen molar-refractivity contribution in [3.63, 3.8) is 0 Å². The molecule has 1 N–H and O–H groups in total. The van der Waals surface area contributed by atoms with E-state index in [1.54, 1.807) is 4.90 Å². The molecule has 0 spiro atoms. The first-order valence-electron chi connectivity index (χ1n) is 7.46. The Kier molecular flexibility index (Phi) is 3.46. The van der Waals surface area contributed by atoms with Gasteiger partial charge in [-0.05, 0) is 22.3 Å². The molecule has 1 aliphatic heterocycles. The maximum atomic E-state index is 12.3. The summed E-state index contributed by atoms with van der Waals surface area (Å²) in [5, 5.41) is 12.6. The molecular weight excluding hydrogens is 262 g/mol. The third-order valence-electron chi connectivity index (χ3n) is 4.53. The quantitative estimate of drug-likeness (QED) is 0.940. The van der Waals surface area contributed by atoms with Crippen molar-refractivity contribution in [2.24, 2.45) is 5.92 Å². The first-order chi connectivity index (χ1) is 9.98. The molecule has 0 radical (unpaired) electrons. The van der Waals surface area contributed by atoms with Crippen LogP contribution in [0.4, 0.5) is 0 Å². The van der Waals surface area contributed by atoms with E-state index in [-0.39, 0.29) is 11.8 Å². The highest BCUT2D eigenvalue weighted by atomic mass is 16.3. The Morgan fingerprint density at radius 2 is 1.86 bits per heavy atom. The van der Waals surface area contributed by atoms with Crippen molar-refractivity contribution in [2.75, 3.05) is 13.1 Å². The summed E-state index contributed by atoms with van der Waals surface area (Å²) in [6.07, 6.45) is 0.402. The van der Waals surface area contributed by atoms with E-state index < -0.39 is 5.60 Å². The first kappa shape index (κ1) is 14.1. The van der Waals surface area contributed by atoms with Crippen LogP contribution in [0.25, 0.3) is 10.8 Å². The van der Waals surface area contributed by atoms with Crippen LogP contribution in [0.5, 0.6) is 0 Å². The number of hydrogen-bond acceptors (Lipinski definition) is 2. The SMILES string of the molecule is CC(C)C1(O)CN(C(=O)Cc2ccc3ccccc3c2)C1. The molecule has 2 aromatic carbocycles. The van der Waals surface area contributed by atoms with Gasteiger partial charge in [-0.25, -0.2) is 0 Å². The van der Waals surface area contributed by atoms with Crippen molar-refractivity contribution in [1.82, 2.24) is 4.90 Å². The van der Waals surface area contributed by atoms with Gasteiger partial charge < -0.3 is 10.0 Å². The Bertz CT molecular complexity index is 672. The first-order valence-corrected chi connectivity index (χ1v) is 7.46. The van der Waals surface area contributed by atoms with Crippen LogP contribution in [0.15, 0.2) is 42.5 Å². The van der Waals surface area contributed by atoms with E-state index in [2.05, 4.69) is 24.3 Å². The fraction of sp³-hybridized carbons (Fsp3) is 0.389. The summed E-state index contributed by atoms with van der Waals surface area (Å²) < 4.78 is 0. The Labute approximate surface area is 125 Å². The molecule has 0 aromatic heterocycles. The Morgan fingerprint density at radius 3 is 2.52 bits per heavy atom. The van der Waals surface area contributed by atoms with E-state index in [0.29, 0.717) is 19.5 Å². The van der Waals surface area contributed by atoms with E-state index in [4.69, 9.17) is 0 Å². The summed E-state index contributed by atoms with van der Waals surface area (Å²) in [6, 6.07) is 14.3. The second-order valence-corrected chi connectivity index (χ2v) is 6.37. The average molecular weight is 283 g/mol. The Balaban J connectivity index is 1.67. The van der Waals surface area contributed by atoms with Crippen LogP contribution in [0.1, 0.15) is 19.4 Å². The van der Waals surface area contributed by atoms with Crippen LogP contribution in [0.3, 0.4) is 0 Å². The molecule has 3 heteroatoms. The van der Waals surface area contributed by atoms with Gasteiger partial charge in [0.2, 0.25) is 5.91 Å². The van der Waals surface area contributed by atoms with Crippen LogP contribution in [-0.2, 0) is 11.2 Å². The monoisotopic (exact) mass is 283 g/mol. The molecule has 0 atom stereocenters. The number of amides is 1. The van der Waals surface area contributed by atoms with Gasteiger partial charge in [-0.2, -0.15) is 0 Å². The van der Waals surface area contributed by atoms with Crippen molar-refractivity contribution in [1.29, 1.82) is 0 Å². The van der Waals surface area contributed by atoms with Gasteiger partial charge in [0.15, 0.2) is 0 Å². The van der Waals surface area contributed by atoms with Crippen LogP contribution in [0, 0.1) is 5.92 Å². The topological polar surface area (TPSA) is 40.5 Å². The van der Waals surface area contributed by atoms with Gasteiger partial charge in [0.1, 0.15) is 5.60 Å². The van der Waals surface area contributed by atoms with Crippen LogP contribution in [-0.4, -0.2) is 34.6 Å². The van der Waals surface area contributed by atoms with Crippen LogP contribution in [0.2, 0.25) is 0 Å². The predicted molar refractivity (Wildman–Crippen MR) is 84.0 cm³/mol. The summed E-state index contributed by atoms with van der Waals surface area (Å²) in [5.74, 6) is 0.276. The lowest BCUT2D eigenvalue weighted by Crippen LogP contribution is -2.66. The molecule has 0 bridgehead atoms. The lowest BCUT2D eigenvalue weighted by molar-refractivity contribution is -0.163. The zero-order chi connectivity index (χ0) is 15.0. The third kappa shape index (κ3) is 2.66. The minimum atomic E-state index is -0.695. The number of nitrogens with zero attached hydrogens (tertiary/aromatic N) is 1. The molecule has 2 aromatic rings. The predicted octanol–water partition coefficient (Wildman–Crippen LogP) is 2.61. The molecule has 1 aliphatic rings. The van der Waals surface area contributed by atoms with Gasteiger partial charge in [0, 0.05) is 0 Å². The van der Waals surface area contributed by atoms with E-state index >= 15 is 0 Å². The Hall–Kier alpha value is -1.87. The van der Waals surface area contributed by atoms with Crippen LogP contribution < -0.4 is 0 Å². The summed E-state index contributed by atoms with van der Waals surface area (Å²) in [4.78, 5) is 14.0. The molecule has 0 saturated carbocycles. The summed E-state index contributed by atoms with van der Waals surface area (Å²) >= 11 is 0. The van der Waals surface area contributed by atoms with Crippen molar-refractivity contribution in [2.45, 2.75) is 25.9 Å². The lowest BCUT2D eigenvalue weighted by atomic mass is 9.82. The van der Waals surface area contributed by atoms with E-state index in [9.17, 15) is 9.90 Å². The molecule has 0 aliphatic carbocycles. The van der Waals surface area contributed by atoms with Crippen molar-refractivity contribution < 1.29 is 9.90 Å². The van der Waals surface area contributed by atoms with E-state index in [0.717, 1.165) is 10.9 Å². The number of hydrogen-bond donors (Lipinski definition) is 1. The highest BCUT2D eigenvalue weighted by molar-refractivity contribution is 5.85. The second-order valence-electron chi connectivity index (χ2n) is 6.37. The number of β-amino-alcohol motifs (C(OH)–C–C–N with tert-alkyl or cyclic N) is 1. The fourth-order valence-electron chi connectivity index (χ4n) is 2.79. The number of aliphatic hydroxyl groups is 1. The minimum absolute atomic E-state index is 0.0932. The van der Waals surface area contributed by atoms with E-state index in [1.165, 1.54) is 5.39 Å². The molecule has 3 nitrogen and oxygen atoms in total. The molecule has 1 amide bonds. The van der Waals surface area contributed by atoms with Crippen molar-refractivity contribution >= 4 is 16.7 Å². The highest BCUT2D eigenvalue weighted by Gasteiger charge is 2.45. The molecule has 1 heterocycles. The molecule has 1 fully saturated rings. The largest absolute Gasteiger partial charge is 0.386 e. The molecule has 21 heavy (non-hydrogen) atoms. The van der Waals surface area contributed by atoms with Gasteiger partial charge in [-0.1, -0.05) is 56.3 Å². The number of likely N-dealkylation sites (tertiary alicyclic amines) is 1. The van der Waals surface area contributed by atoms with Gasteiger partial charge in [-0.15, -0.1) is 0 Å². The van der Waals surface area contributed by atoms with Gasteiger partial charge >= 0.3 is 0 Å².